The Kier molecular flexibility index (Phi) is 4.39. The van der Waals surface area contributed by atoms with Crippen molar-refractivity contribution in [2.45, 2.75) is 6.54 Å². The van der Waals surface area contributed by atoms with Crippen LogP contribution >= 0.6 is 0 Å². The first-order valence-corrected chi connectivity index (χ1v) is 8.39. The van der Waals surface area contributed by atoms with Crippen molar-refractivity contribution < 1.29 is 13.9 Å². The fraction of sp³-hybridized carbons (Fsp3) is 0.0556. The number of carbonyl (C=O) groups is 1. The molecule has 0 bridgehead atoms. The molecule has 0 fully saturated rings. The van der Waals surface area contributed by atoms with Crippen molar-refractivity contribution in [3.05, 3.63) is 54.1 Å². The summed E-state index contributed by atoms with van der Waals surface area (Å²) in [5.41, 5.74) is 17.9. The van der Waals surface area contributed by atoms with Gasteiger partial charge in [-0.25, -0.2) is 19.2 Å². The number of primary amides is 1. The molecule has 0 saturated carbocycles. The number of nitrogens with zero attached hydrogens (tertiary/aromatic N) is 5. The number of pyridine rings is 1. The molecule has 146 valence electrons. The predicted molar refractivity (Wildman–Crippen MR) is 103 cm³/mol. The number of hydrogen-bond acceptors (Lipinski definition) is 8. The molecular formula is C18H15FN8O2. The summed E-state index contributed by atoms with van der Waals surface area (Å²) in [6, 6.07) is 9.97. The van der Waals surface area contributed by atoms with Gasteiger partial charge in [0.05, 0.1) is 12.2 Å². The maximum Gasteiger partial charge on any atom is 0.410 e. The van der Waals surface area contributed by atoms with Crippen LogP contribution in [0.1, 0.15) is 5.69 Å². The van der Waals surface area contributed by atoms with E-state index in [9.17, 15) is 9.18 Å². The van der Waals surface area contributed by atoms with Crippen LogP contribution in [0, 0.1) is 5.82 Å². The normalized spacial score (nSPS) is 10.9. The summed E-state index contributed by atoms with van der Waals surface area (Å²) in [5.74, 6) is -1.06. The van der Waals surface area contributed by atoms with Crippen LogP contribution in [-0.2, 0) is 6.54 Å². The van der Waals surface area contributed by atoms with Crippen LogP contribution in [0.15, 0.2) is 42.6 Å². The lowest BCUT2D eigenvalue weighted by Crippen LogP contribution is -2.19. The van der Waals surface area contributed by atoms with Gasteiger partial charge in [-0.15, -0.1) is 0 Å². The molecule has 29 heavy (non-hydrogen) atoms. The molecule has 0 radical (unpaired) electrons. The number of anilines is 2. The Morgan fingerprint density at radius 3 is 2.52 bits per heavy atom. The molecule has 4 aromatic rings. The number of halogens is 1. The van der Waals surface area contributed by atoms with Crippen LogP contribution in [0.3, 0.4) is 0 Å². The third-order valence-corrected chi connectivity index (χ3v) is 4.09. The van der Waals surface area contributed by atoms with Crippen molar-refractivity contribution in [3.8, 4) is 17.3 Å². The maximum absolute atomic E-state index is 14.6. The quantitative estimate of drug-likeness (QED) is 0.471. The Morgan fingerprint density at radius 2 is 1.86 bits per heavy atom. The van der Waals surface area contributed by atoms with E-state index >= 15 is 0 Å². The maximum atomic E-state index is 14.6. The summed E-state index contributed by atoms with van der Waals surface area (Å²) >= 11 is 0. The van der Waals surface area contributed by atoms with Gasteiger partial charge in [0.15, 0.2) is 17.5 Å². The molecule has 1 amide bonds. The van der Waals surface area contributed by atoms with E-state index in [0.717, 1.165) is 0 Å². The number of carbonyl (C=O) groups excluding carboxylic acids is 1. The SMILES string of the molecule is NC(=O)Oc1c(N)nc(-c2nn(Cc3ccccn3)c3c(F)cccc23)nc1N. The second kappa shape index (κ2) is 7.03. The zero-order valence-electron chi connectivity index (χ0n) is 14.9. The molecule has 0 saturated heterocycles. The van der Waals surface area contributed by atoms with Gasteiger partial charge in [0.2, 0.25) is 5.75 Å². The molecule has 11 heteroatoms. The fourth-order valence-corrected chi connectivity index (χ4v) is 2.92. The molecule has 0 aliphatic rings. The molecule has 0 spiro atoms. The largest absolute Gasteiger partial charge is 0.410 e. The second-order valence-corrected chi connectivity index (χ2v) is 6.03. The zero-order valence-corrected chi connectivity index (χ0v) is 14.9. The van der Waals surface area contributed by atoms with Crippen LogP contribution in [0.25, 0.3) is 22.4 Å². The van der Waals surface area contributed by atoms with Crippen LogP contribution in [-0.4, -0.2) is 30.8 Å². The van der Waals surface area contributed by atoms with Gasteiger partial charge in [0.1, 0.15) is 17.0 Å². The number of nitrogen functional groups attached to an aromatic ring is 2. The fourth-order valence-electron chi connectivity index (χ4n) is 2.92. The van der Waals surface area contributed by atoms with Crippen LogP contribution in [0.4, 0.5) is 20.8 Å². The van der Waals surface area contributed by atoms with E-state index in [2.05, 4.69) is 20.1 Å². The average molecular weight is 394 g/mol. The number of nitrogens with two attached hydrogens (primary N) is 3. The molecule has 4 rings (SSSR count). The number of fused-ring (bicyclic) bond motifs is 1. The minimum Gasteiger partial charge on any atom is -0.403 e. The minimum atomic E-state index is -1.10. The van der Waals surface area contributed by atoms with Gasteiger partial charge in [-0.3, -0.25) is 9.67 Å². The predicted octanol–water partition coefficient (Wildman–Crippen LogP) is 1.70. The number of ether oxygens (including phenoxy) is 1. The first kappa shape index (κ1) is 18.1. The van der Waals surface area contributed by atoms with Gasteiger partial charge in [-0.2, -0.15) is 5.10 Å². The van der Waals surface area contributed by atoms with E-state index in [1.807, 2.05) is 6.07 Å². The first-order valence-electron chi connectivity index (χ1n) is 8.39. The van der Waals surface area contributed by atoms with E-state index in [1.165, 1.54) is 10.7 Å². The van der Waals surface area contributed by atoms with Crippen molar-refractivity contribution >= 4 is 28.6 Å². The Morgan fingerprint density at radius 1 is 1.10 bits per heavy atom. The lowest BCUT2D eigenvalue weighted by Gasteiger charge is -2.08. The van der Waals surface area contributed by atoms with Crippen molar-refractivity contribution in [1.82, 2.24) is 24.7 Å². The molecular weight excluding hydrogens is 379 g/mol. The molecule has 6 N–H and O–H groups in total. The first-order chi connectivity index (χ1) is 13.9. The summed E-state index contributed by atoms with van der Waals surface area (Å²) < 4.78 is 20.8. The van der Waals surface area contributed by atoms with Crippen molar-refractivity contribution in [2.24, 2.45) is 5.73 Å². The smallest absolute Gasteiger partial charge is 0.403 e. The Labute approximate surface area is 163 Å². The average Bonchev–Trinajstić information content (AvgIpc) is 3.05. The highest BCUT2D eigenvalue weighted by molar-refractivity contribution is 5.92. The summed E-state index contributed by atoms with van der Waals surface area (Å²) in [4.78, 5) is 23.4. The number of amides is 1. The second-order valence-electron chi connectivity index (χ2n) is 6.03. The van der Waals surface area contributed by atoms with Crippen LogP contribution < -0.4 is 21.9 Å². The van der Waals surface area contributed by atoms with E-state index in [-0.39, 0.29) is 41.0 Å². The molecule has 0 atom stereocenters. The van der Waals surface area contributed by atoms with Crippen molar-refractivity contribution in [1.29, 1.82) is 0 Å². The molecule has 3 aromatic heterocycles. The van der Waals surface area contributed by atoms with E-state index in [4.69, 9.17) is 21.9 Å². The van der Waals surface area contributed by atoms with Gasteiger partial charge in [0, 0.05) is 11.6 Å². The number of aromatic nitrogens is 5. The summed E-state index contributed by atoms with van der Waals surface area (Å²) in [5, 5.41) is 4.92. The number of hydrogen-bond donors (Lipinski definition) is 3. The number of benzene rings is 1. The van der Waals surface area contributed by atoms with E-state index < -0.39 is 11.9 Å². The summed E-state index contributed by atoms with van der Waals surface area (Å²) in [7, 11) is 0. The lowest BCUT2D eigenvalue weighted by atomic mass is 10.2. The third kappa shape index (κ3) is 3.36. The van der Waals surface area contributed by atoms with E-state index in [1.54, 1.807) is 30.5 Å². The van der Waals surface area contributed by atoms with Crippen LogP contribution in [0.5, 0.6) is 5.75 Å². The highest BCUT2D eigenvalue weighted by Crippen LogP contribution is 2.32. The van der Waals surface area contributed by atoms with Gasteiger partial charge in [-0.05, 0) is 18.2 Å². The number of para-hydroxylation sites is 1. The standard InChI is InChI=1S/C18H15FN8O2/c19-11-6-3-5-10-12(17-24-15(20)14(16(21)25-17)29-18(22)28)26-27(13(10)11)8-9-4-1-2-7-23-9/h1-7H,8H2,(H2,22,28)(H4,20,21,24,25). The molecule has 10 nitrogen and oxygen atoms in total. The number of rotatable bonds is 4. The topological polar surface area (TPSA) is 161 Å². The monoisotopic (exact) mass is 394 g/mol. The third-order valence-electron chi connectivity index (χ3n) is 4.09. The van der Waals surface area contributed by atoms with Crippen molar-refractivity contribution in [2.75, 3.05) is 11.5 Å². The van der Waals surface area contributed by atoms with E-state index in [0.29, 0.717) is 11.1 Å². The Balaban J connectivity index is 1.87. The molecule has 1 aromatic carbocycles. The minimum absolute atomic E-state index is 0.0483. The molecule has 0 aliphatic carbocycles. The Bertz CT molecular complexity index is 1200. The van der Waals surface area contributed by atoms with Gasteiger partial charge >= 0.3 is 6.09 Å². The Hall–Kier alpha value is -4.28. The molecule has 0 aliphatic heterocycles. The highest BCUT2D eigenvalue weighted by Gasteiger charge is 2.21. The highest BCUT2D eigenvalue weighted by atomic mass is 19.1. The molecule has 3 heterocycles. The van der Waals surface area contributed by atoms with Crippen molar-refractivity contribution in [3.63, 3.8) is 0 Å². The zero-order chi connectivity index (χ0) is 20.5. The van der Waals surface area contributed by atoms with Crippen LogP contribution in [0.2, 0.25) is 0 Å². The van der Waals surface area contributed by atoms with Gasteiger partial charge in [-0.1, -0.05) is 18.2 Å². The van der Waals surface area contributed by atoms with Gasteiger partial charge < -0.3 is 21.9 Å². The molecule has 0 unspecified atom stereocenters. The summed E-state index contributed by atoms with van der Waals surface area (Å²) in [6.07, 6.45) is 0.534. The summed E-state index contributed by atoms with van der Waals surface area (Å²) in [6.45, 7) is 0.228. The lowest BCUT2D eigenvalue weighted by molar-refractivity contribution is 0.211. The van der Waals surface area contributed by atoms with Gasteiger partial charge in [0.25, 0.3) is 0 Å².